The van der Waals surface area contributed by atoms with Gasteiger partial charge < -0.3 is 9.80 Å². The van der Waals surface area contributed by atoms with Crippen LogP contribution in [0.15, 0.2) is 12.2 Å². The van der Waals surface area contributed by atoms with Crippen LogP contribution in [0, 0.1) is 16.7 Å². The summed E-state index contributed by atoms with van der Waals surface area (Å²) in [5.41, 5.74) is 1.60. The van der Waals surface area contributed by atoms with Crippen LogP contribution >= 0.6 is 0 Å². The molecule has 2 fully saturated rings. The third-order valence-electron chi connectivity index (χ3n) is 5.16. The highest BCUT2D eigenvalue weighted by Crippen LogP contribution is 2.51. The van der Waals surface area contributed by atoms with Crippen molar-refractivity contribution < 1.29 is 4.79 Å². The van der Waals surface area contributed by atoms with Gasteiger partial charge in [-0.1, -0.05) is 26.3 Å². The lowest BCUT2D eigenvalue weighted by molar-refractivity contribution is -0.134. The van der Waals surface area contributed by atoms with Crippen LogP contribution in [-0.2, 0) is 4.79 Å². The highest BCUT2D eigenvalue weighted by Gasteiger charge is 2.57. The molecule has 2 rings (SSSR count). The minimum absolute atomic E-state index is 0.0706. The third kappa shape index (κ3) is 2.45. The van der Waals surface area contributed by atoms with Crippen LogP contribution < -0.4 is 0 Å². The maximum atomic E-state index is 12.5. The fourth-order valence-corrected chi connectivity index (χ4v) is 4.09. The summed E-state index contributed by atoms with van der Waals surface area (Å²) in [7, 11) is 2.19. The molecule has 108 valence electrons. The first-order chi connectivity index (χ1) is 8.67. The summed E-state index contributed by atoms with van der Waals surface area (Å²) in [6.45, 7) is 16.7. The molecule has 2 aliphatic heterocycles. The van der Waals surface area contributed by atoms with E-state index in [4.69, 9.17) is 0 Å². The number of hydrogen-bond acceptors (Lipinski definition) is 2. The van der Waals surface area contributed by atoms with E-state index in [1.165, 1.54) is 0 Å². The van der Waals surface area contributed by atoms with Gasteiger partial charge in [-0.25, -0.2) is 0 Å². The SMILES string of the molecule is C=C(C)CC(C)C(=O)N1CC2(C)CN(C)CC2(C)C1. The summed E-state index contributed by atoms with van der Waals surface area (Å²) in [6.07, 6.45) is 0.808. The Kier molecular flexibility index (Phi) is 3.54. The molecule has 3 unspecified atom stereocenters. The average molecular weight is 264 g/mol. The number of likely N-dealkylation sites (tertiary alicyclic amines) is 2. The molecule has 2 heterocycles. The zero-order chi connectivity index (χ0) is 14.4. The fraction of sp³-hybridized carbons (Fsp3) is 0.812. The fourth-order valence-electron chi connectivity index (χ4n) is 4.09. The maximum Gasteiger partial charge on any atom is 0.225 e. The zero-order valence-corrected chi connectivity index (χ0v) is 13.1. The molecule has 3 nitrogen and oxygen atoms in total. The molecular weight excluding hydrogens is 236 g/mol. The van der Waals surface area contributed by atoms with Crippen LogP contribution in [0.25, 0.3) is 0 Å². The topological polar surface area (TPSA) is 23.6 Å². The van der Waals surface area contributed by atoms with Crippen molar-refractivity contribution in [3.63, 3.8) is 0 Å². The summed E-state index contributed by atoms with van der Waals surface area (Å²) in [4.78, 5) is 17.0. The summed E-state index contributed by atoms with van der Waals surface area (Å²) >= 11 is 0. The maximum absolute atomic E-state index is 12.5. The van der Waals surface area contributed by atoms with Gasteiger partial charge in [0.15, 0.2) is 0 Å². The molecule has 3 heteroatoms. The van der Waals surface area contributed by atoms with E-state index in [9.17, 15) is 4.79 Å². The van der Waals surface area contributed by atoms with Gasteiger partial charge in [0.05, 0.1) is 0 Å². The molecule has 0 aromatic heterocycles. The standard InChI is InChI=1S/C16H28N2O/c1-12(2)7-13(3)14(19)18-10-15(4)8-17(6)9-16(15,5)11-18/h13H,1,7-11H2,2-6H3. The quantitative estimate of drug-likeness (QED) is 0.731. The predicted octanol–water partition coefficient (Wildman–Crippen LogP) is 2.39. The molecule has 0 aromatic carbocycles. The minimum Gasteiger partial charge on any atom is -0.341 e. The van der Waals surface area contributed by atoms with E-state index in [0.29, 0.717) is 5.91 Å². The second kappa shape index (κ2) is 4.62. The largest absolute Gasteiger partial charge is 0.341 e. The highest BCUT2D eigenvalue weighted by molar-refractivity contribution is 5.79. The molecule has 0 aromatic rings. The molecular formula is C16H28N2O. The number of fused-ring (bicyclic) bond motifs is 1. The monoisotopic (exact) mass is 264 g/mol. The van der Waals surface area contributed by atoms with Crippen molar-refractivity contribution >= 4 is 5.91 Å². The Labute approximate surface area is 117 Å². The Hall–Kier alpha value is -0.830. The van der Waals surface area contributed by atoms with Gasteiger partial charge in [-0.3, -0.25) is 4.79 Å². The summed E-state index contributed by atoms with van der Waals surface area (Å²) in [6, 6.07) is 0. The normalized spacial score (nSPS) is 36.4. The van der Waals surface area contributed by atoms with Crippen molar-refractivity contribution in [3.8, 4) is 0 Å². The van der Waals surface area contributed by atoms with Gasteiger partial charge in [0.1, 0.15) is 0 Å². The van der Waals surface area contributed by atoms with Crippen molar-refractivity contribution in [2.24, 2.45) is 16.7 Å². The summed E-state index contributed by atoms with van der Waals surface area (Å²) in [5.74, 6) is 0.378. The van der Waals surface area contributed by atoms with Crippen LogP contribution in [0.3, 0.4) is 0 Å². The summed E-state index contributed by atoms with van der Waals surface area (Å²) < 4.78 is 0. The van der Waals surface area contributed by atoms with Gasteiger partial charge in [0.25, 0.3) is 0 Å². The molecule has 2 saturated heterocycles. The van der Waals surface area contributed by atoms with Crippen molar-refractivity contribution in [3.05, 3.63) is 12.2 Å². The Morgan fingerprint density at radius 3 is 2.11 bits per heavy atom. The van der Waals surface area contributed by atoms with Crippen molar-refractivity contribution in [1.29, 1.82) is 0 Å². The van der Waals surface area contributed by atoms with E-state index < -0.39 is 0 Å². The van der Waals surface area contributed by atoms with Gasteiger partial charge in [0, 0.05) is 42.9 Å². The highest BCUT2D eigenvalue weighted by atomic mass is 16.2. The summed E-state index contributed by atoms with van der Waals surface area (Å²) in [5, 5.41) is 0. The number of amides is 1. The first kappa shape index (κ1) is 14.6. The number of rotatable bonds is 3. The number of hydrogen-bond donors (Lipinski definition) is 0. The van der Waals surface area contributed by atoms with Crippen LogP contribution in [0.1, 0.15) is 34.1 Å². The van der Waals surface area contributed by atoms with Crippen molar-refractivity contribution in [2.45, 2.75) is 34.1 Å². The lowest BCUT2D eigenvalue weighted by Gasteiger charge is -2.30. The molecule has 0 N–H and O–H groups in total. The Morgan fingerprint density at radius 1 is 1.21 bits per heavy atom. The third-order valence-corrected chi connectivity index (χ3v) is 5.16. The number of carbonyl (C=O) groups excluding carboxylic acids is 1. The van der Waals surface area contributed by atoms with Gasteiger partial charge >= 0.3 is 0 Å². The van der Waals surface area contributed by atoms with E-state index in [1.807, 2.05) is 13.8 Å². The zero-order valence-electron chi connectivity index (χ0n) is 13.1. The second-order valence-corrected chi connectivity index (χ2v) is 7.55. The van der Waals surface area contributed by atoms with Crippen LogP contribution in [0.5, 0.6) is 0 Å². The number of carbonyl (C=O) groups is 1. The van der Waals surface area contributed by atoms with Gasteiger partial charge in [0.2, 0.25) is 5.91 Å². The molecule has 0 radical (unpaired) electrons. The predicted molar refractivity (Wildman–Crippen MR) is 78.9 cm³/mol. The van der Waals surface area contributed by atoms with E-state index in [2.05, 4.69) is 37.3 Å². The Balaban J connectivity index is 2.07. The molecule has 19 heavy (non-hydrogen) atoms. The molecule has 3 atom stereocenters. The Bertz CT molecular complexity index is 386. The van der Waals surface area contributed by atoms with Gasteiger partial charge in [-0.05, 0) is 20.4 Å². The molecule has 0 saturated carbocycles. The molecule has 1 amide bonds. The van der Waals surface area contributed by atoms with Crippen LogP contribution in [-0.4, -0.2) is 48.9 Å². The van der Waals surface area contributed by atoms with E-state index >= 15 is 0 Å². The van der Waals surface area contributed by atoms with E-state index in [0.717, 1.165) is 38.2 Å². The van der Waals surface area contributed by atoms with Gasteiger partial charge in [-0.2, -0.15) is 0 Å². The molecule has 0 bridgehead atoms. The van der Waals surface area contributed by atoms with E-state index in [1.54, 1.807) is 0 Å². The average Bonchev–Trinajstić information content (AvgIpc) is 2.59. The van der Waals surface area contributed by atoms with Crippen LogP contribution in [0.4, 0.5) is 0 Å². The Morgan fingerprint density at radius 2 is 1.68 bits per heavy atom. The molecule has 0 aliphatic carbocycles. The number of nitrogens with zero attached hydrogens (tertiary/aromatic N) is 2. The minimum atomic E-state index is 0.0706. The first-order valence-corrected chi connectivity index (χ1v) is 7.29. The van der Waals surface area contributed by atoms with Crippen molar-refractivity contribution in [2.75, 3.05) is 33.2 Å². The number of allylic oxidation sites excluding steroid dienone is 1. The van der Waals surface area contributed by atoms with Crippen LogP contribution in [0.2, 0.25) is 0 Å². The second-order valence-electron chi connectivity index (χ2n) is 7.55. The lowest BCUT2D eigenvalue weighted by Crippen LogP contribution is -2.37. The lowest BCUT2D eigenvalue weighted by atomic mass is 9.71. The first-order valence-electron chi connectivity index (χ1n) is 7.29. The van der Waals surface area contributed by atoms with E-state index in [-0.39, 0.29) is 16.7 Å². The van der Waals surface area contributed by atoms with Gasteiger partial charge in [-0.15, -0.1) is 6.58 Å². The van der Waals surface area contributed by atoms with Crippen molar-refractivity contribution in [1.82, 2.24) is 9.80 Å². The molecule has 0 spiro atoms. The smallest absolute Gasteiger partial charge is 0.225 e. The molecule has 2 aliphatic rings.